The summed E-state index contributed by atoms with van der Waals surface area (Å²) in [6, 6.07) is 12.4. The van der Waals surface area contributed by atoms with Crippen molar-refractivity contribution in [2.24, 2.45) is 0 Å². The van der Waals surface area contributed by atoms with E-state index >= 15 is 0 Å². The number of nitrogens with zero attached hydrogens (tertiary/aromatic N) is 1. The average Bonchev–Trinajstić information content (AvgIpc) is 2.56. The van der Waals surface area contributed by atoms with Crippen molar-refractivity contribution < 1.29 is 14.3 Å². The lowest BCUT2D eigenvalue weighted by Crippen LogP contribution is -2.30. The maximum Gasteiger partial charge on any atom is 0.308 e. The second kappa shape index (κ2) is 8.08. The zero-order valence-electron chi connectivity index (χ0n) is 13.3. The monoisotopic (exact) mass is 312 g/mol. The maximum absolute atomic E-state index is 12.4. The van der Waals surface area contributed by atoms with Gasteiger partial charge in [-0.05, 0) is 31.5 Å². The van der Waals surface area contributed by atoms with Gasteiger partial charge >= 0.3 is 5.97 Å². The van der Waals surface area contributed by atoms with Crippen molar-refractivity contribution in [3.63, 3.8) is 0 Å². The van der Waals surface area contributed by atoms with E-state index in [4.69, 9.17) is 4.74 Å². The van der Waals surface area contributed by atoms with E-state index < -0.39 is 6.04 Å². The standard InChI is InChI=1S/C18H20N2O3/c1-3-23-17(21)11-16(14-7-5-4-6-8-14)20-18(22)15-10-9-13(2)19-12-15/h4-10,12,16H,3,11H2,1-2H3,(H,20,22). The summed E-state index contributed by atoms with van der Waals surface area (Å²) in [6.45, 7) is 3.93. The van der Waals surface area contributed by atoms with Crippen LogP contribution >= 0.6 is 0 Å². The molecular formula is C18H20N2O3. The van der Waals surface area contributed by atoms with Crippen LogP contribution in [0.1, 0.15) is 41.0 Å². The fraction of sp³-hybridized carbons (Fsp3) is 0.278. The molecule has 5 heteroatoms. The molecule has 0 saturated heterocycles. The van der Waals surface area contributed by atoms with Crippen LogP contribution in [0, 0.1) is 6.92 Å². The second-order valence-electron chi connectivity index (χ2n) is 5.13. The van der Waals surface area contributed by atoms with Gasteiger partial charge in [0.1, 0.15) is 0 Å². The highest BCUT2D eigenvalue weighted by molar-refractivity contribution is 5.94. The normalized spacial score (nSPS) is 11.6. The van der Waals surface area contributed by atoms with E-state index in [-0.39, 0.29) is 18.3 Å². The first kappa shape index (κ1) is 16.7. The van der Waals surface area contributed by atoms with Gasteiger partial charge in [0.05, 0.1) is 24.6 Å². The molecule has 2 aromatic rings. The Balaban J connectivity index is 2.15. The molecule has 1 aromatic heterocycles. The molecule has 1 N–H and O–H groups in total. The molecule has 1 aromatic carbocycles. The Bertz CT molecular complexity index is 654. The highest BCUT2D eigenvalue weighted by Crippen LogP contribution is 2.18. The van der Waals surface area contributed by atoms with E-state index in [1.165, 1.54) is 6.20 Å². The van der Waals surface area contributed by atoms with Gasteiger partial charge in [0.15, 0.2) is 0 Å². The van der Waals surface area contributed by atoms with Crippen molar-refractivity contribution in [2.75, 3.05) is 6.61 Å². The summed E-state index contributed by atoms with van der Waals surface area (Å²) >= 11 is 0. The Labute approximate surface area is 135 Å². The van der Waals surface area contributed by atoms with E-state index in [1.54, 1.807) is 19.1 Å². The van der Waals surface area contributed by atoms with Crippen LogP contribution < -0.4 is 5.32 Å². The summed E-state index contributed by atoms with van der Waals surface area (Å²) in [6.07, 6.45) is 1.61. The third-order valence-electron chi connectivity index (χ3n) is 3.36. The number of hydrogen-bond donors (Lipinski definition) is 1. The number of hydrogen-bond acceptors (Lipinski definition) is 4. The van der Waals surface area contributed by atoms with E-state index in [0.717, 1.165) is 11.3 Å². The first-order chi connectivity index (χ1) is 11.1. The van der Waals surface area contributed by atoms with Gasteiger partial charge in [-0.3, -0.25) is 14.6 Å². The van der Waals surface area contributed by atoms with Gasteiger partial charge in [0.2, 0.25) is 0 Å². The van der Waals surface area contributed by atoms with Gasteiger partial charge < -0.3 is 10.1 Å². The Morgan fingerprint density at radius 1 is 1.17 bits per heavy atom. The molecule has 0 aliphatic rings. The van der Waals surface area contributed by atoms with Gasteiger partial charge in [0, 0.05) is 11.9 Å². The molecule has 1 heterocycles. The number of rotatable bonds is 6. The SMILES string of the molecule is CCOC(=O)CC(NC(=O)c1ccc(C)nc1)c1ccccc1. The van der Waals surface area contributed by atoms with Gasteiger partial charge in [-0.25, -0.2) is 0 Å². The van der Waals surface area contributed by atoms with Crippen molar-refractivity contribution >= 4 is 11.9 Å². The lowest BCUT2D eigenvalue weighted by molar-refractivity contribution is -0.143. The van der Waals surface area contributed by atoms with Gasteiger partial charge in [-0.15, -0.1) is 0 Å². The molecule has 0 radical (unpaired) electrons. The van der Waals surface area contributed by atoms with Gasteiger partial charge in [-0.1, -0.05) is 30.3 Å². The Morgan fingerprint density at radius 2 is 1.91 bits per heavy atom. The molecule has 23 heavy (non-hydrogen) atoms. The first-order valence-electron chi connectivity index (χ1n) is 7.54. The molecule has 1 amide bonds. The highest BCUT2D eigenvalue weighted by atomic mass is 16.5. The smallest absolute Gasteiger partial charge is 0.308 e. The van der Waals surface area contributed by atoms with Crippen molar-refractivity contribution in [2.45, 2.75) is 26.3 Å². The van der Waals surface area contributed by atoms with E-state index in [0.29, 0.717) is 12.2 Å². The molecule has 0 aliphatic heterocycles. The van der Waals surface area contributed by atoms with Crippen LogP contribution in [-0.4, -0.2) is 23.5 Å². The number of ether oxygens (including phenoxy) is 1. The van der Waals surface area contributed by atoms with Crippen molar-refractivity contribution in [1.82, 2.24) is 10.3 Å². The predicted octanol–water partition coefficient (Wildman–Crippen LogP) is 2.81. The Hall–Kier alpha value is -2.69. The fourth-order valence-corrected chi connectivity index (χ4v) is 2.17. The Morgan fingerprint density at radius 3 is 2.52 bits per heavy atom. The largest absolute Gasteiger partial charge is 0.466 e. The van der Waals surface area contributed by atoms with Crippen LogP contribution in [0.25, 0.3) is 0 Å². The minimum atomic E-state index is -0.441. The Kier molecular flexibility index (Phi) is 5.86. The predicted molar refractivity (Wildman–Crippen MR) is 86.9 cm³/mol. The zero-order chi connectivity index (χ0) is 16.7. The van der Waals surface area contributed by atoms with Gasteiger partial charge in [-0.2, -0.15) is 0 Å². The first-order valence-corrected chi connectivity index (χ1v) is 7.54. The topological polar surface area (TPSA) is 68.3 Å². The molecule has 1 atom stereocenters. The molecule has 5 nitrogen and oxygen atoms in total. The average molecular weight is 312 g/mol. The number of amides is 1. The third-order valence-corrected chi connectivity index (χ3v) is 3.36. The highest BCUT2D eigenvalue weighted by Gasteiger charge is 2.20. The summed E-state index contributed by atoms with van der Waals surface area (Å²) in [5.41, 5.74) is 2.15. The fourth-order valence-electron chi connectivity index (χ4n) is 2.17. The molecule has 0 fully saturated rings. The minimum Gasteiger partial charge on any atom is -0.466 e. The van der Waals surface area contributed by atoms with E-state index in [1.807, 2.05) is 37.3 Å². The van der Waals surface area contributed by atoms with Crippen LogP contribution in [0.4, 0.5) is 0 Å². The van der Waals surface area contributed by atoms with Gasteiger partial charge in [0.25, 0.3) is 5.91 Å². The number of aryl methyl sites for hydroxylation is 1. The number of benzene rings is 1. The molecule has 0 saturated carbocycles. The lowest BCUT2D eigenvalue weighted by Gasteiger charge is -2.18. The summed E-state index contributed by atoms with van der Waals surface area (Å²) in [5, 5.41) is 2.88. The quantitative estimate of drug-likeness (QED) is 0.833. The van der Waals surface area contributed by atoms with E-state index in [9.17, 15) is 9.59 Å². The molecule has 120 valence electrons. The molecular weight excluding hydrogens is 292 g/mol. The molecule has 0 aliphatic carbocycles. The molecule has 1 unspecified atom stereocenters. The van der Waals surface area contributed by atoms with Crippen LogP contribution in [0.2, 0.25) is 0 Å². The van der Waals surface area contributed by atoms with Crippen molar-refractivity contribution in [3.05, 3.63) is 65.5 Å². The number of carbonyl (C=O) groups is 2. The summed E-state index contributed by atoms with van der Waals surface area (Å²) in [4.78, 5) is 28.3. The molecule has 2 rings (SSSR count). The number of carbonyl (C=O) groups excluding carboxylic acids is 2. The molecule has 0 bridgehead atoms. The summed E-state index contributed by atoms with van der Waals surface area (Å²) in [5.74, 6) is -0.612. The van der Waals surface area contributed by atoms with Crippen molar-refractivity contribution in [1.29, 1.82) is 0 Å². The number of aromatic nitrogens is 1. The van der Waals surface area contributed by atoms with Crippen LogP contribution in [0.3, 0.4) is 0 Å². The zero-order valence-corrected chi connectivity index (χ0v) is 13.3. The van der Waals surface area contributed by atoms with Crippen molar-refractivity contribution in [3.8, 4) is 0 Å². The van der Waals surface area contributed by atoms with E-state index in [2.05, 4.69) is 10.3 Å². The third kappa shape index (κ3) is 4.92. The minimum absolute atomic E-state index is 0.0862. The lowest BCUT2D eigenvalue weighted by atomic mass is 10.0. The maximum atomic E-state index is 12.4. The van der Waals surface area contributed by atoms with Crippen LogP contribution in [-0.2, 0) is 9.53 Å². The van der Waals surface area contributed by atoms with Crippen LogP contribution in [0.5, 0.6) is 0 Å². The number of esters is 1. The molecule has 0 spiro atoms. The number of pyridine rings is 1. The van der Waals surface area contributed by atoms with Crippen LogP contribution in [0.15, 0.2) is 48.7 Å². The summed E-state index contributed by atoms with van der Waals surface area (Å²) < 4.78 is 4.99. The number of nitrogens with one attached hydrogen (secondary N) is 1. The second-order valence-corrected chi connectivity index (χ2v) is 5.13. The summed E-state index contributed by atoms with van der Waals surface area (Å²) in [7, 11) is 0.